The van der Waals surface area contributed by atoms with Gasteiger partial charge in [-0.1, -0.05) is 49.9 Å². The summed E-state index contributed by atoms with van der Waals surface area (Å²) in [5.41, 5.74) is -0.779. The Balaban J connectivity index is 0.00000625. The summed E-state index contributed by atoms with van der Waals surface area (Å²) in [6, 6.07) is 13.0. The molecule has 1 saturated heterocycles. The Morgan fingerprint density at radius 1 is 0.958 bits per heavy atom. The van der Waals surface area contributed by atoms with Crippen LogP contribution < -0.4 is 16.0 Å². The number of likely N-dealkylation sites (tertiary alicyclic amines) is 1. The molecule has 1 unspecified atom stereocenters. The standard InChI is InChI=1S/C34H43FN6O6.CH4/c1-33(2,3)47-32(45)39-34(4,5)31(44)37-26(21-46-20-23-11-7-6-8-12-23)29(42)38-27-19-41(22-36-27)28(24-13-15-25(35)16-14-24)30(43)40-17-9-10-18-40;/h6-8,11-16,19,22,26,28H,9-10,17-18,20-21H2,1-5H3,(H,37,44)(H,38,42)(H,39,45);1H4/t26-,28?;/m1./s1. The van der Waals surface area contributed by atoms with Crippen molar-refractivity contribution in [1.82, 2.24) is 25.1 Å². The number of aromatic nitrogens is 2. The SMILES string of the molecule is C.CC(C)(C)OC(=O)NC(C)(C)C(=O)N[C@H](COCc1ccccc1)C(=O)Nc1cn(C(C(=O)N2CCCC2)c2ccc(F)cc2)cn1. The number of amides is 4. The molecule has 12 nitrogen and oxygen atoms in total. The monoisotopic (exact) mass is 666 g/mol. The van der Waals surface area contributed by atoms with Crippen molar-refractivity contribution in [3.8, 4) is 0 Å². The molecule has 48 heavy (non-hydrogen) atoms. The molecular weight excluding hydrogens is 619 g/mol. The van der Waals surface area contributed by atoms with E-state index < -0.39 is 46.9 Å². The zero-order valence-corrected chi connectivity index (χ0v) is 27.4. The molecule has 260 valence electrons. The third kappa shape index (κ3) is 10.6. The predicted octanol–water partition coefficient (Wildman–Crippen LogP) is 4.81. The van der Waals surface area contributed by atoms with Crippen LogP contribution in [0.5, 0.6) is 0 Å². The number of nitrogens with one attached hydrogen (secondary N) is 3. The minimum absolute atomic E-state index is 0. The molecule has 4 amide bonds. The van der Waals surface area contributed by atoms with Crippen LogP contribution in [-0.2, 0) is 30.5 Å². The third-order valence-corrected chi connectivity index (χ3v) is 7.39. The van der Waals surface area contributed by atoms with Gasteiger partial charge in [0.2, 0.25) is 11.8 Å². The fourth-order valence-electron chi connectivity index (χ4n) is 4.96. The predicted molar refractivity (Wildman–Crippen MR) is 179 cm³/mol. The maximum atomic E-state index is 13.7. The van der Waals surface area contributed by atoms with Crippen LogP contribution in [0.1, 0.15) is 72.1 Å². The first-order chi connectivity index (χ1) is 22.2. The fourth-order valence-corrected chi connectivity index (χ4v) is 4.96. The van der Waals surface area contributed by atoms with E-state index in [4.69, 9.17) is 9.47 Å². The molecule has 3 aromatic rings. The Labute approximate surface area is 281 Å². The average Bonchev–Trinajstić information content (AvgIpc) is 3.70. The topological polar surface area (TPSA) is 144 Å². The number of hydrogen-bond donors (Lipinski definition) is 3. The average molecular weight is 667 g/mol. The number of ether oxygens (including phenoxy) is 2. The Morgan fingerprint density at radius 3 is 2.23 bits per heavy atom. The highest BCUT2D eigenvalue weighted by Crippen LogP contribution is 2.25. The van der Waals surface area contributed by atoms with Crippen molar-refractivity contribution in [3.63, 3.8) is 0 Å². The minimum Gasteiger partial charge on any atom is -0.444 e. The molecule has 0 saturated carbocycles. The molecule has 0 spiro atoms. The second kappa shape index (κ2) is 16.4. The minimum atomic E-state index is -1.44. The summed E-state index contributed by atoms with van der Waals surface area (Å²) in [6.45, 7) is 9.33. The van der Waals surface area contributed by atoms with E-state index in [-0.39, 0.29) is 32.4 Å². The zero-order chi connectivity index (χ0) is 34.2. The van der Waals surface area contributed by atoms with Crippen LogP contribution in [0.25, 0.3) is 0 Å². The van der Waals surface area contributed by atoms with Gasteiger partial charge in [0.1, 0.15) is 29.0 Å². The van der Waals surface area contributed by atoms with Crippen LogP contribution in [0, 0.1) is 5.82 Å². The number of rotatable bonds is 12. The number of carbonyl (C=O) groups is 4. The van der Waals surface area contributed by atoms with Gasteiger partial charge in [-0.3, -0.25) is 14.4 Å². The quantitative estimate of drug-likeness (QED) is 0.252. The molecular formula is C35H47FN6O6. The van der Waals surface area contributed by atoms with Crippen molar-refractivity contribution in [3.05, 3.63) is 84.1 Å². The van der Waals surface area contributed by atoms with Gasteiger partial charge in [-0.15, -0.1) is 0 Å². The van der Waals surface area contributed by atoms with E-state index in [2.05, 4.69) is 20.9 Å². The van der Waals surface area contributed by atoms with Gasteiger partial charge >= 0.3 is 6.09 Å². The lowest BCUT2D eigenvalue weighted by molar-refractivity contribution is -0.132. The number of imidazole rings is 1. The first kappa shape index (κ1) is 37.7. The molecule has 1 aliphatic rings. The molecule has 1 fully saturated rings. The van der Waals surface area contributed by atoms with Gasteiger partial charge in [0.05, 0.1) is 19.5 Å². The van der Waals surface area contributed by atoms with Crippen LogP contribution in [0.15, 0.2) is 67.1 Å². The molecule has 2 atom stereocenters. The third-order valence-electron chi connectivity index (χ3n) is 7.39. The second-order valence-corrected chi connectivity index (χ2v) is 13.0. The molecule has 0 bridgehead atoms. The lowest BCUT2D eigenvalue weighted by Crippen LogP contribution is -2.59. The van der Waals surface area contributed by atoms with Crippen molar-refractivity contribution in [2.45, 2.75) is 84.7 Å². The van der Waals surface area contributed by atoms with E-state index in [1.807, 2.05) is 30.3 Å². The van der Waals surface area contributed by atoms with Crippen LogP contribution in [0.3, 0.4) is 0 Å². The summed E-state index contributed by atoms with van der Waals surface area (Å²) in [5.74, 6) is -1.74. The molecule has 0 aliphatic carbocycles. The van der Waals surface area contributed by atoms with Crippen molar-refractivity contribution in [1.29, 1.82) is 0 Å². The highest BCUT2D eigenvalue weighted by atomic mass is 19.1. The van der Waals surface area contributed by atoms with E-state index in [1.165, 1.54) is 38.5 Å². The summed E-state index contributed by atoms with van der Waals surface area (Å²) in [6.07, 6.45) is 3.94. The number of anilines is 1. The summed E-state index contributed by atoms with van der Waals surface area (Å²) < 4.78 is 26.4. The lowest BCUT2D eigenvalue weighted by Gasteiger charge is -2.29. The highest BCUT2D eigenvalue weighted by Gasteiger charge is 2.35. The van der Waals surface area contributed by atoms with E-state index >= 15 is 0 Å². The summed E-state index contributed by atoms with van der Waals surface area (Å²) in [4.78, 5) is 58.9. The van der Waals surface area contributed by atoms with Crippen molar-refractivity contribution in [2.24, 2.45) is 0 Å². The Hall–Kier alpha value is -4.78. The van der Waals surface area contributed by atoms with E-state index in [9.17, 15) is 23.6 Å². The van der Waals surface area contributed by atoms with E-state index in [0.717, 1.165) is 18.4 Å². The van der Waals surface area contributed by atoms with Crippen molar-refractivity contribution < 1.29 is 33.0 Å². The van der Waals surface area contributed by atoms with Gasteiger partial charge < -0.3 is 34.9 Å². The number of carbonyl (C=O) groups excluding carboxylic acids is 4. The van der Waals surface area contributed by atoms with Gasteiger partial charge in [0.25, 0.3) is 5.91 Å². The van der Waals surface area contributed by atoms with Crippen LogP contribution >= 0.6 is 0 Å². The van der Waals surface area contributed by atoms with Gasteiger partial charge in [-0.25, -0.2) is 14.2 Å². The number of hydrogen-bond acceptors (Lipinski definition) is 7. The van der Waals surface area contributed by atoms with Crippen molar-refractivity contribution in [2.75, 3.05) is 25.0 Å². The highest BCUT2D eigenvalue weighted by molar-refractivity contribution is 5.98. The summed E-state index contributed by atoms with van der Waals surface area (Å²) in [7, 11) is 0. The molecule has 13 heteroatoms. The summed E-state index contributed by atoms with van der Waals surface area (Å²) >= 11 is 0. The van der Waals surface area contributed by atoms with E-state index in [0.29, 0.717) is 18.7 Å². The molecule has 2 heterocycles. The smallest absolute Gasteiger partial charge is 0.408 e. The van der Waals surface area contributed by atoms with Gasteiger partial charge in [-0.05, 0) is 70.7 Å². The maximum absolute atomic E-state index is 13.7. The molecule has 1 aliphatic heterocycles. The zero-order valence-electron chi connectivity index (χ0n) is 27.4. The largest absolute Gasteiger partial charge is 0.444 e. The van der Waals surface area contributed by atoms with E-state index in [1.54, 1.807) is 42.4 Å². The molecule has 0 radical (unpaired) electrons. The fraction of sp³-hybridized carbons (Fsp3) is 0.457. The number of halogens is 1. The van der Waals surface area contributed by atoms with Gasteiger partial charge in [0.15, 0.2) is 5.82 Å². The Kier molecular flexibility index (Phi) is 12.8. The molecule has 1 aromatic heterocycles. The molecule has 3 N–H and O–H groups in total. The van der Waals surface area contributed by atoms with Crippen molar-refractivity contribution >= 4 is 29.6 Å². The summed E-state index contributed by atoms with van der Waals surface area (Å²) in [5, 5.41) is 7.91. The normalized spacial score (nSPS) is 14.3. The molecule has 4 rings (SSSR count). The van der Waals surface area contributed by atoms with Gasteiger partial charge in [0, 0.05) is 19.3 Å². The van der Waals surface area contributed by atoms with Crippen LogP contribution in [-0.4, -0.2) is 75.1 Å². The lowest BCUT2D eigenvalue weighted by atomic mass is 10.0. The Bertz CT molecular complexity index is 1530. The Morgan fingerprint density at radius 2 is 1.60 bits per heavy atom. The van der Waals surface area contributed by atoms with Crippen LogP contribution in [0.4, 0.5) is 15.0 Å². The second-order valence-electron chi connectivity index (χ2n) is 13.0. The number of alkyl carbamates (subject to hydrolysis) is 1. The number of nitrogens with zero attached hydrogens (tertiary/aromatic N) is 3. The molecule has 2 aromatic carbocycles. The van der Waals surface area contributed by atoms with Crippen LogP contribution in [0.2, 0.25) is 0 Å². The first-order valence-electron chi connectivity index (χ1n) is 15.5. The maximum Gasteiger partial charge on any atom is 0.408 e. The van der Waals surface area contributed by atoms with Gasteiger partial charge in [-0.2, -0.15) is 0 Å². The number of benzene rings is 2. The first-order valence-corrected chi connectivity index (χ1v) is 15.5.